The fourth-order valence-electron chi connectivity index (χ4n) is 1.20. The highest BCUT2D eigenvalue weighted by molar-refractivity contribution is 8.03. The molecule has 0 atom stereocenters. The van der Waals surface area contributed by atoms with Gasteiger partial charge in [-0.1, -0.05) is 23.9 Å². The molecule has 0 aliphatic heterocycles. The number of aliphatic carboxylic acids is 1. The lowest BCUT2D eigenvalue weighted by Gasteiger charge is -2.05. The molecule has 0 aliphatic rings. The van der Waals surface area contributed by atoms with Crippen LogP contribution in [-0.4, -0.2) is 28.1 Å². The summed E-state index contributed by atoms with van der Waals surface area (Å²) in [5, 5.41) is 8.57. The molecular weight excluding hydrogens is 285 g/mol. The van der Waals surface area contributed by atoms with Crippen LogP contribution in [0.15, 0.2) is 29.2 Å². The molecular formula is C11H11F3O2S2. The number of hydrogen-bond donors (Lipinski definition) is 1. The van der Waals surface area contributed by atoms with E-state index in [1.807, 2.05) is 0 Å². The van der Waals surface area contributed by atoms with Gasteiger partial charge in [0.1, 0.15) is 0 Å². The molecule has 0 bridgehead atoms. The summed E-state index contributed by atoms with van der Waals surface area (Å²) in [6.45, 7) is 0. The molecule has 1 aromatic carbocycles. The average molecular weight is 296 g/mol. The molecule has 0 spiro atoms. The molecule has 0 aliphatic carbocycles. The molecule has 0 heterocycles. The molecule has 7 heteroatoms. The van der Waals surface area contributed by atoms with Gasteiger partial charge in [0.25, 0.3) is 0 Å². The van der Waals surface area contributed by atoms with Crippen molar-refractivity contribution in [2.24, 2.45) is 0 Å². The van der Waals surface area contributed by atoms with Crippen molar-refractivity contribution in [1.29, 1.82) is 0 Å². The number of rotatable bonds is 6. The molecule has 1 aromatic rings. The van der Waals surface area contributed by atoms with Crippen LogP contribution in [0.5, 0.6) is 0 Å². The summed E-state index contributed by atoms with van der Waals surface area (Å²) in [6.07, 6.45) is -0.0468. The standard InChI is InChI=1S/C11H11F3O2S2/c12-11(13,14)18-6-5-17-9-3-1-8(2-4-9)7-10(15)16/h1-4H,5-7H2,(H,15,16). The van der Waals surface area contributed by atoms with Gasteiger partial charge in [-0.3, -0.25) is 4.79 Å². The molecule has 1 N–H and O–H groups in total. The van der Waals surface area contributed by atoms with Crippen molar-refractivity contribution in [3.05, 3.63) is 29.8 Å². The molecule has 0 saturated heterocycles. The Morgan fingerprint density at radius 3 is 2.28 bits per heavy atom. The topological polar surface area (TPSA) is 37.3 Å². The van der Waals surface area contributed by atoms with Crippen molar-refractivity contribution in [2.45, 2.75) is 16.8 Å². The summed E-state index contributed by atoms with van der Waals surface area (Å²) < 4.78 is 35.6. The minimum atomic E-state index is -4.17. The van der Waals surface area contributed by atoms with Gasteiger partial charge in [-0.15, -0.1) is 11.8 Å². The SMILES string of the molecule is O=C(O)Cc1ccc(SCCSC(F)(F)F)cc1. The van der Waals surface area contributed by atoms with Crippen LogP contribution in [0.4, 0.5) is 13.2 Å². The van der Waals surface area contributed by atoms with Gasteiger partial charge in [0, 0.05) is 16.4 Å². The predicted molar refractivity (Wildman–Crippen MR) is 67.0 cm³/mol. The smallest absolute Gasteiger partial charge is 0.441 e. The van der Waals surface area contributed by atoms with Gasteiger partial charge >= 0.3 is 11.5 Å². The maximum atomic E-state index is 11.9. The second-order valence-corrected chi connectivity index (χ2v) is 5.69. The van der Waals surface area contributed by atoms with Gasteiger partial charge in [0.05, 0.1) is 6.42 Å². The molecule has 0 unspecified atom stereocenters. The van der Waals surface area contributed by atoms with Crippen LogP contribution < -0.4 is 0 Å². The van der Waals surface area contributed by atoms with Gasteiger partial charge in [0.15, 0.2) is 0 Å². The third kappa shape index (κ3) is 6.80. The van der Waals surface area contributed by atoms with Crippen LogP contribution in [0.25, 0.3) is 0 Å². The first-order valence-electron chi connectivity index (χ1n) is 5.01. The second kappa shape index (κ2) is 6.94. The van der Waals surface area contributed by atoms with E-state index >= 15 is 0 Å². The first-order valence-corrected chi connectivity index (χ1v) is 6.98. The van der Waals surface area contributed by atoms with Crippen molar-refractivity contribution in [1.82, 2.24) is 0 Å². The second-order valence-electron chi connectivity index (χ2n) is 3.36. The zero-order valence-corrected chi connectivity index (χ0v) is 10.9. The highest BCUT2D eigenvalue weighted by atomic mass is 32.2. The van der Waals surface area contributed by atoms with Gasteiger partial charge in [-0.2, -0.15) is 13.2 Å². The Morgan fingerprint density at radius 1 is 1.17 bits per heavy atom. The molecule has 0 radical (unpaired) electrons. The van der Waals surface area contributed by atoms with Crippen LogP contribution in [0, 0.1) is 0 Å². The lowest BCUT2D eigenvalue weighted by atomic mass is 10.2. The lowest BCUT2D eigenvalue weighted by molar-refractivity contribution is -0.136. The zero-order valence-electron chi connectivity index (χ0n) is 9.24. The lowest BCUT2D eigenvalue weighted by Crippen LogP contribution is -2.02. The average Bonchev–Trinajstić information content (AvgIpc) is 2.24. The van der Waals surface area contributed by atoms with Crippen molar-refractivity contribution in [3.8, 4) is 0 Å². The van der Waals surface area contributed by atoms with Crippen LogP contribution in [-0.2, 0) is 11.2 Å². The van der Waals surface area contributed by atoms with Gasteiger partial charge < -0.3 is 5.11 Å². The number of carboxylic acid groups (broad SMARTS) is 1. The highest BCUT2D eigenvalue weighted by Crippen LogP contribution is 2.31. The summed E-state index contributed by atoms with van der Waals surface area (Å²) in [5.41, 5.74) is -3.50. The fraction of sp³-hybridized carbons (Fsp3) is 0.364. The summed E-state index contributed by atoms with van der Waals surface area (Å²) in [6, 6.07) is 6.79. The first-order chi connectivity index (χ1) is 8.37. The maximum absolute atomic E-state index is 11.9. The number of benzene rings is 1. The Hall–Kier alpha value is -0.820. The number of hydrogen-bond acceptors (Lipinski definition) is 3. The monoisotopic (exact) mass is 296 g/mol. The molecule has 0 fully saturated rings. The molecule has 2 nitrogen and oxygen atoms in total. The van der Waals surface area contributed by atoms with Crippen molar-refractivity contribution >= 4 is 29.5 Å². The first kappa shape index (κ1) is 15.2. The van der Waals surface area contributed by atoms with Crippen LogP contribution >= 0.6 is 23.5 Å². The van der Waals surface area contributed by atoms with Crippen LogP contribution in [0.1, 0.15) is 5.56 Å². The van der Waals surface area contributed by atoms with Crippen molar-refractivity contribution in [3.63, 3.8) is 0 Å². The molecule has 1 rings (SSSR count). The van der Waals surface area contributed by atoms with E-state index < -0.39 is 11.5 Å². The predicted octanol–water partition coefficient (Wildman–Crippen LogP) is 3.66. The fourth-order valence-corrected chi connectivity index (χ4v) is 2.66. The number of carboxylic acids is 1. The van der Waals surface area contributed by atoms with E-state index in [0.29, 0.717) is 11.3 Å². The minimum absolute atomic E-state index is 0.00500. The Kier molecular flexibility index (Phi) is 5.87. The Bertz CT molecular complexity index is 390. The van der Waals surface area contributed by atoms with E-state index in [2.05, 4.69) is 0 Å². The van der Waals surface area contributed by atoms with Gasteiger partial charge in [-0.25, -0.2) is 0 Å². The van der Waals surface area contributed by atoms with Crippen LogP contribution in [0.2, 0.25) is 0 Å². The number of alkyl halides is 3. The van der Waals surface area contributed by atoms with E-state index in [9.17, 15) is 18.0 Å². The van der Waals surface area contributed by atoms with E-state index in [-0.39, 0.29) is 23.9 Å². The quantitative estimate of drug-likeness (QED) is 0.642. The van der Waals surface area contributed by atoms with Gasteiger partial charge in [-0.05, 0) is 17.7 Å². The van der Waals surface area contributed by atoms with Gasteiger partial charge in [0.2, 0.25) is 0 Å². The zero-order chi connectivity index (χ0) is 13.6. The van der Waals surface area contributed by atoms with E-state index in [1.165, 1.54) is 11.8 Å². The van der Waals surface area contributed by atoms with Crippen molar-refractivity contribution < 1.29 is 23.1 Å². The number of carbonyl (C=O) groups is 1. The summed E-state index contributed by atoms with van der Waals surface area (Å²) in [7, 11) is 0. The maximum Gasteiger partial charge on any atom is 0.441 e. The van der Waals surface area contributed by atoms with Crippen molar-refractivity contribution in [2.75, 3.05) is 11.5 Å². The Morgan fingerprint density at radius 2 is 1.78 bits per heavy atom. The summed E-state index contributed by atoms with van der Waals surface area (Å²) in [4.78, 5) is 11.3. The van der Waals surface area contributed by atoms with Crippen LogP contribution in [0.3, 0.4) is 0 Å². The molecule has 0 aromatic heterocycles. The number of halogens is 3. The normalized spacial score (nSPS) is 11.5. The molecule has 0 saturated carbocycles. The molecule has 18 heavy (non-hydrogen) atoms. The van der Waals surface area contributed by atoms with E-state index in [4.69, 9.17) is 5.11 Å². The molecule has 0 amide bonds. The minimum Gasteiger partial charge on any atom is -0.481 e. The third-order valence-corrected chi connectivity index (χ3v) is 3.90. The molecule has 100 valence electrons. The van der Waals surface area contributed by atoms with E-state index in [0.717, 1.165) is 4.90 Å². The number of thioether (sulfide) groups is 2. The largest absolute Gasteiger partial charge is 0.481 e. The summed E-state index contributed by atoms with van der Waals surface area (Å²) in [5.74, 6) is -0.537. The van der Waals surface area contributed by atoms with E-state index in [1.54, 1.807) is 24.3 Å². The Labute approximate surface area is 111 Å². The Balaban J connectivity index is 2.33. The highest BCUT2D eigenvalue weighted by Gasteiger charge is 2.27. The third-order valence-electron chi connectivity index (χ3n) is 1.90. The summed E-state index contributed by atoms with van der Waals surface area (Å²) >= 11 is 1.29.